The van der Waals surface area contributed by atoms with Crippen molar-refractivity contribution in [1.82, 2.24) is 4.81 Å². The van der Waals surface area contributed by atoms with Crippen molar-refractivity contribution in [2.75, 3.05) is 14.1 Å². The molecule has 0 aliphatic heterocycles. The molecule has 0 N–H and O–H groups in total. The Morgan fingerprint density at radius 3 is 1.62 bits per heavy atom. The first-order chi connectivity index (χ1) is 3.55. The van der Waals surface area contributed by atoms with Gasteiger partial charge in [-0.1, -0.05) is 6.82 Å². The topological polar surface area (TPSA) is 3.24 Å². The highest BCUT2D eigenvalue weighted by atomic mass is 15.0. The molecule has 4 radical (unpaired) electrons. The maximum atomic E-state index is 5.37. The van der Waals surface area contributed by atoms with Gasteiger partial charge in [-0.05, 0) is 14.1 Å². The maximum absolute atomic E-state index is 5.37. The Morgan fingerprint density at radius 1 is 1.25 bits per heavy atom. The van der Waals surface area contributed by atoms with E-state index in [1.54, 1.807) is 0 Å². The quantitative estimate of drug-likeness (QED) is 0.407. The summed E-state index contributed by atoms with van der Waals surface area (Å²) in [5.74, 6) is 0. The number of hydrogen-bond acceptors (Lipinski definition) is 1. The summed E-state index contributed by atoms with van der Waals surface area (Å²) in [5, 5.41) is 0. The second-order valence-electron chi connectivity index (χ2n) is 2.28. The van der Waals surface area contributed by atoms with Crippen LogP contribution in [0.4, 0.5) is 0 Å². The molecule has 0 heterocycles. The van der Waals surface area contributed by atoms with E-state index in [9.17, 15) is 0 Å². The van der Waals surface area contributed by atoms with Crippen LogP contribution in [0.2, 0.25) is 6.82 Å². The lowest BCUT2D eigenvalue weighted by Crippen LogP contribution is -2.45. The van der Waals surface area contributed by atoms with E-state index in [0.29, 0.717) is 0 Å². The first kappa shape index (κ1) is 8.22. The zero-order valence-electron chi connectivity index (χ0n) is 5.76. The molecule has 0 unspecified atom stereocenters. The Morgan fingerprint density at radius 2 is 1.62 bits per heavy atom. The van der Waals surface area contributed by atoms with Crippen molar-refractivity contribution in [1.29, 1.82) is 0 Å². The zero-order valence-corrected chi connectivity index (χ0v) is 5.76. The van der Waals surface area contributed by atoms with Gasteiger partial charge in [0, 0.05) is 21.9 Å². The van der Waals surface area contributed by atoms with Gasteiger partial charge in [0.1, 0.15) is 0 Å². The summed E-state index contributed by atoms with van der Waals surface area (Å²) in [5.41, 5.74) is 0. The van der Waals surface area contributed by atoms with Gasteiger partial charge in [0.25, 0.3) is 0 Å². The Balaban J connectivity index is 3.46. The van der Waals surface area contributed by atoms with Crippen LogP contribution in [0.1, 0.15) is 0 Å². The van der Waals surface area contributed by atoms with Crippen LogP contribution < -0.4 is 0 Å². The average Bonchev–Trinajstić information content (AvgIpc) is 1.64. The SMILES string of the molecule is [B]B([B])B(C)N(C)C. The van der Waals surface area contributed by atoms with Crippen molar-refractivity contribution in [3.8, 4) is 0 Å². The molecule has 0 spiro atoms. The van der Waals surface area contributed by atoms with E-state index in [2.05, 4.69) is 0 Å². The fourth-order valence-electron chi connectivity index (χ4n) is 0.344. The summed E-state index contributed by atoms with van der Waals surface area (Å²) < 4.78 is 0. The minimum absolute atomic E-state index is 0.231. The number of hydrogen-bond donors (Lipinski definition) is 0. The predicted molar refractivity (Wildman–Crippen MR) is 42.6 cm³/mol. The third-order valence-electron chi connectivity index (χ3n) is 1.37. The van der Waals surface area contributed by atoms with Crippen LogP contribution in [-0.4, -0.2) is 47.5 Å². The van der Waals surface area contributed by atoms with Crippen molar-refractivity contribution in [2.45, 2.75) is 6.82 Å². The highest BCUT2D eigenvalue weighted by Gasteiger charge is 2.13. The zero-order chi connectivity index (χ0) is 6.73. The van der Waals surface area contributed by atoms with Gasteiger partial charge >= 0.3 is 0 Å². The molecule has 0 aromatic heterocycles. The Labute approximate surface area is 55.1 Å². The molecular weight excluding hydrogens is 93.3 g/mol. The van der Waals surface area contributed by atoms with E-state index in [4.69, 9.17) is 15.5 Å². The van der Waals surface area contributed by atoms with Gasteiger partial charge in [-0.25, -0.2) is 0 Å². The van der Waals surface area contributed by atoms with Crippen molar-refractivity contribution >= 4 is 28.6 Å². The number of rotatable bonds is 2. The van der Waals surface area contributed by atoms with Gasteiger partial charge in [-0.15, -0.1) is 0 Å². The lowest BCUT2D eigenvalue weighted by molar-refractivity contribution is 0.658. The lowest BCUT2D eigenvalue weighted by atomic mass is 8.96. The Bertz CT molecular complexity index is 56.3. The summed E-state index contributed by atoms with van der Waals surface area (Å²) in [7, 11) is 14.7. The third-order valence-corrected chi connectivity index (χ3v) is 1.37. The molecule has 0 aliphatic carbocycles. The minimum Gasteiger partial charge on any atom is -0.356 e. The highest BCUT2D eigenvalue weighted by molar-refractivity contribution is 7.57. The van der Waals surface area contributed by atoms with Crippen molar-refractivity contribution in [2.24, 2.45) is 0 Å². The van der Waals surface area contributed by atoms with Crippen molar-refractivity contribution in [3.05, 3.63) is 0 Å². The molecule has 0 saturated carbocycles. The molecular formula is C3H9B4N. The number of nitrogens with zero attached hydrogens (tertiary/aromatic N) is 1. The van der Waals surface area contributed by atoms with Gasteiger partial charge in [-0.3, -0.25) is 0 Å². The summed E-state index contributed by atoms with van der Waals surface area (Å²) in [6.07, 6.45) is -0.231. The van der Waals surface area contributed by atoms with Crippen molar-refractivity contribution < 1.29 is 0 Å². The Hall–Kier alpha value is 0.220. The molecule has 8 heavy (non-hydrogen) atoms. The molecule has 0 rings (SSSR count). The molecule has 0 bridgehead atoms. The molecule has 0 atom stereocenters. The van der Waals surface area contributed by atoms with E-state index < -0.39 is 0 Å². The molecule has 5 heteroatoms. The molecule has 0 aromatic rings. The van der Waals surface area contributed by atoms with Gasteiger partial charge in [0.2, 0.25) is 0 Å². The van der Waals surface area contributed by atoms with Crippen LogP contribution in [0.15, 0.2) is 0 Å². The summed E-state index contributed by atoms with van der Waals surface area (Å²) >= 11 is 0. The fraction of sp³-hybridized carbons (Fsp3) is 1.00. The van der Waals surface area contributed by atoms with Crippen molar-refractivity contribution in [3.63, 3.8) is 0 Å². The molecule has 0 aliphatic rings. The van der Waals surface area contributed by atoms with Crippen LogP contribution in [-0.2, 0) is 0 Å². The maximum Gasteiger partial charge on any atom is 0.165 e. The van der Waals surface area contributed by atoms with E-state index >= 15 is 0 Å². The van der Waals surface area contributed by atoms with E-state index in [-0.39, 0.29) is 13.1 Å². The van der Waals surface area contributed by atoms with E-state index in [1.807, 2.05) is 25.7 Å². The highest BCUT2D eigenvalue weighted by Crippen LogP contribution is 1.84. The second-order valence-corrected chi connectivity index (χ2v) is 2.28. The molecule has 0 amide bonds. The molecule has 38 valence electrons. The summed E-state index contributed by atoms with van der Waals surface area (Å²) in [6.45, 7) is 2.25. The summed E-state index contributed by atoms with van der Waals surface area (Å²) in [4.78, 5) is 1.99. The monoisotopic (exact) mass is 103 g/mol. The van der Waals surface area contributed by atoms with Gasteiger partial charge < -0.3 is 4.81 Å². The normalized spacial score (nSPS) is 9.50. The smallest absolute Gasteiger partial charge is 0.165 e. The van der Waals surface area contributed by atoms with Crippen LogP contribution in [0, 0.1) is 0 Å². The molecule has 0 aromatic carbocycles. The second kappa shape index (κ2) is 3.29. The van der Waals surface area contributed by atoms with Crippen LogP contribution >= 0.6 is 0 Å². The van der Waals surface area contributed by atoms with Crippen LogP contribution in [0.25, 0.3) is 0 Å². The molecule has 1 nitrogen and oxygen atoms in total. The van der Waals surface area contributed by atoms with E-state index in [0.717, 1.165) is 0 Å². The average molecular weight is 102 g/mol. The molecule has 0 saturated heterocycles. The first-order valence-corrected chi connectivity index (χ1v) is 2.73. The van der Waals surface area contributed by atoms with E-state index in [1.165, 1.54) is 0 Å². The predicted octanol–water partition coefficient (Wildman–Crippen LogP) is -0.927. The molecule has 0 fully saturated rings. The summed E-state index contributed by atoms with van der Waals surface area (Å²) in [6, 6.07) is 0. The Kier molecular flexibility index (Phi) is 3.38. The van der Waals surface area contributed by atoms with Gasteiger partial charge in [0.15, 0.2) is 6.74 Å². The largest absolute Gasteiger partial charge is 0.356 e. The van der Waals surface area contributed by atoms with Gasteiger partial charge in [0.05, 0.1) is 0 Å². The first-order valence-electron chi connectivity index (χ1n) is 2.73. The third kappa shape index (κ3) is 2.51. The van der Waals surface area contributed by atoms with Crippen LogP contribution in [0.5, 0.6) is 0 Å². The lowest BCUT2D eigenvalue weighted by Gasteiger charge is -2.18. The minimum atomic E-state index is -0.231. The fourth-order valence-corrected chi connectivity index (χ4v) is 0.344. The van der Waals surface area contributed by atoms with Gasteiger partial charge in [-0.2, -0.15) is 0 Å². The standard InChI is InChI=1S/C3H9B4N/c1-6(7(4)5)8(2)3/h1-3H3. The van der Waals surface area contributed by atoms with Crippen LogP contribution in [0.3, 0.4) is 0 Å².